The SMILES string of the molecule is Cc1ccc2nc(N3CC(C(=O)N4C[C@@H]5[C@H](C4)[C@@H]4CC[C@H]5N4)CC3=O)sc2c1. The van der Waals surface area contributed by atoms with Gasteiger partial charge in [0.05, 0.1) is 16.1 Å². The molecule has 0 aliphatic carbocycles. The largest absolute Gasteiger partial charge is 0.342 e. The molecule has 4 saturated heterocycles. The molecule has 28 heavy (non-hydrogen) atoms. The number of aryl methyl sites for hydroxylation is 1. The molecule has 4 aliphatic rings. The molecule has 7 heteroatoms. The first-order valence-electron chi connectivity index (χ1n) is 10.3. The number of anilines is 1. The fraction of sp³-hybridized carbons (Fsp3) is 0.571. The fourth-order valence-electron chi connectivity index (χ4n) is 5.81. The first kappa shape index (κ1) is 16.9. The van der Waals surface area contributed by atoms with Crippen molar-refractivity contribution in [2.45, 2.75) is 38.3 Å². The molecule has 146 valence electrons. The predicted octanol–water partition coefficient (Wildman–Crippen LogP) is 2.17. The lowest BCUT2D eigenvalue weighted by Gasteiger charge is -2.22. The van der Waals surface area contributed by atoms with Gasteiger partial charge in [0.2, 0.25) is 11.8 Å². The van der Waals surface area contributed by atoms with Crippen LogP contribution in [0.4, 0.5) is 5.13 Å². The van der Waals surface area contributed by atoms with Crippen molar-refractivity contribution in [1.82, 2.24) is 15.2 Å². The number of likely N-dealkylation sites (tertiary alicyclic amines) is 1. The van der Waals surface area contributed by atoms with E-state index in [0.717, 1.165) is 28.4 Å². The van der Waals surface area contributed by atoms with Gasteiger partial charge in [-0.15, -0.1) is 0 Å². The van der Waals surface area contributed by atoms with Crippen LogP contribution in [0.15, 0.2) is 18.2 Å². The highest BCUT2D eigenvalue weighted by atomic mass is 32.1. The van der Waals surface area contributed by atoms with Gasteiger partial charge in [-0.3, -0.25) is 14.5 Å². The molecule has 2 amide bonds. The molecular weight excluding hydrogens is 372 g/mol. The summed E-state index contributed by atoms with van der Waals surface area (Å²) in [6.07, 6.45) is 2.81. The average Bonchev–Trinajstić information content (AvgIpc) is 3.45. The molecule has 2 aromatic rings. The van der Waals surface area contributed by atoms with Crippen molar-refractivity contribution in [2.75, 3.05) is 24.5 Å². The number of fused-ring (bicyclic) bond motifs is 6. The topological polar surface area (TPSA) is 65.5 Å². The van der Waals surface area contributed by atoms with Crippen molar-refractivity contribution < 1.29 is 9.59 Å². The van der Waals surface area contributed by atoms with Crippen molar-refractivity contribution in [3.05, 3.63) is 23.8 Å². The number of rotatable bonds is 2. The van der Waals surface area contributed by atoms with Crippen molar-refractivity contribution in [3.8, 4) is 0 Å². The molecule has 0 saturated carbocycles. The number of hydrogen-bond donors (Lipinski definition) is 1. The summed E-state index contributed by atoms with van der Waals surface area (Å²) in [7, 11) is 0. The molecule has 1 N–H and O–H groups in total. The Hall–Kier alpha value is -1.99. The minimum Gasteiger partial charge on any atom is -0.342 e. The summed E-state index contributed by atoms with van der Waals surface area (Å²) in [5.41, 5.74) is 2.11. The highest BCUT2D eigenvalue weighted by Crippen LogP contribution is 2.43. The summed E-state index contributed by atoms with van der Waals surface area (Å²) in [5, 5.41) is 4.43. The van der Waals surface area contributed by atoms with E-state index in [4.69, 9.17) is 0 Å². The van der Waals surface area contributed by atoms with Crippen LogP contribution < -0.4 is 10.2 Å². The second-order valence-electron chi connectivity index (χ2n) is 8.90. The van der Waals surface area contributed by atoms with E-state index in [1.165, 1.54) is 18.4 Å². The summed E-state index contributed by atoms with van der Waals surface area (Å²) in [6, 6.07) is 7.34. The van der Waals surface area contributed by atoms with Crippen LogP contribution in [-0.4, -0.2) is 53.4 Å². The zero-order chi connectivity index (χ0) is 19.0. The van der Waals surface area contributed by atoms with Gasteiger partial charge in [-0.05, 0) is 49.3 Å². The quantitative estimate of drug-likeness (QED) is 0.845. The fourth-order valence-corrected chi connectivity index (χ4v) is 6.90. The highest BCUT2D eigenvalue weighted by molar-refractivity contribution is 7.22. The second-order valence-corrected chi connectivity index (χ2v) is 9.91. The summed E-state index contributed by atoms with van der Waals surface area (Å²) in [5.74, 6) is 1.19. The van der Waals surface area contributed by atoms with Crippen LogP contribution in [-0.2, 0) is 9.59 Å². The second kappa shape index (κ2) is 6.00. The Morgan fingerprint density at radius 3 is 2.68 bits per heavy atom. The van der Waals surface area contributed by atoms with Gasteiger partial charge < -0.3 is 10.2 Å². The van der Waals surface area contributed by atoms with Gasteiger partial charge in [-0.2, -0.15) is 0 Å². The van der Waals surface area contributed by atoms with Gasteiger partial charge >= 0.3 is 0 Å². The van der Waals surface area contributed by atoms with Crippen LogP contribution in [0.3, 0.4) is 0 Å². The van der Waals surface area contributed by atoms with E-state index in [-0.39, 0.29) is 17.7 Å². The maximum absolute atomic E-state index is 13.2. The third-order valence-electron chi connectivity index (χ3n) is 7.21. The number of nitrogens with zero attached hydrogens (tertiary/aromatic N) is 3. The molecule has 4 fully saturated rings. The number of amides is 2. The molecular formula is C21H24N4O2S. The zero-order valence-electron chi connectivity index (χ0n) is 15.9. The van der Waals surface area contributed by atoms with Crippen molar-refractivity contribution in [2.24, 2.45) is 17.8 Å². The van der Waals surface area contributed by atoms with Gasteiger partial charge in [0, 0.05) is 38.1 Å². The Labute approximate surface area is 167 Å². The van der Waals surface area contributed by atoms with Crippen molar-refractivity contribution in [3.63, 3.8) is 0 Å². The van der Waals surface area contributed by atoms with Gasteiger partial charge in [0.15, 0.2) is 5.13 Å². The van der Waals surface area contributed by atoms with Gasteiger partial charge in [-0.1, -0.05) is 17.4 Å². The van der Waals surface area contributed by atoms with Crippen molar-refractivity contribution in [1.29, 1.82) is 0 Å². The minimum absolute atomic E-state index is 0.0234. The van der Waals surface area contributed by atoms with Gasteiger partial charge in [0.25, 0.3) is 0 Å². The van der Waals surface area contributed by atoms with E-state index in [1.807, 2.05) is 17.0 Å². The summed E-state index contributed by atoms with van der Waals surface area (Å²) < 4.78 is 1.09. The smallest absolute Gasteiger partial charge is 0.229 e. The molecule has 0 radical (unpaired) electrons. The van der Waals surface area contributed by atoms with Gasteiger partial charge in [0.1, 0.15) is 0 Å². The summed E-state index contributed by atoms with van der Waals surface area (Å²) >= 11 is 1.54. The maximum Gasteiger partial charge on any atom is 0.229 e. The molecule has 1 unspecified atom stereocenters. The van der Waals surface area contributed by atoms with Crippen LogP contribution in [0.1, 0.15) is 24.8 Å². The standard InChI is InChI=1S/C21H24N4O2S/c1-11-2-3-17-18(6-11)28-21(23-17)25-8-12(7-19(25)26)20(27)24-9-13-14(10-24)16-5-4-15(13)22-16/h2-3,6,12-16,22H,4-5,7-10H2,1H3/t12?,13-,14+,15-,16+. The average molecular weight is 397 g/mol. The molecule has 2 bridgehead atoms. The maximum atomic E-state index is 13.2. The molecule has 6 rings (SSSR count). The predicted molar refractivity (Wildman–Crippen MR) is 108 cm³/mol. The van der Waals surface area contributed by atoms with E-state index < -0.39 is 0 Å². The normalized spacial score (nSPS) is 34.0. The van der Waals surface area contributed by atoms with E-state index in [0.29, 0.717) is 36.9 Å². The van der Waals surface area contributed by atoms with Crippen molar-refractivity contribution >= 4 is 38.5 Å². The lowest BCUT2D eigenvalue weighted by molar-refractivity contribution is -0.135. The molecule has 6 nitrogen and oxygen atoms in total. The Kier molecular flexibility index (Phi) is 3.63. The molecule has 1 aromatic carbocycles. The lowest BCUT2D eigenvalue weighted by Crippen LogP contribution is -2.39. The number of thiazole rings is 1. The monoisotopic (exact) mass is 396 g/mol. The van der Waals surface area contributed by atoms with Gasteiger partial charge in [-0.25, -0.2) is 4.98 Å². The number of nitrogens with one attached hydrogen (secondary N) is 1. The first-order chi connectivity index (χ1) is 13.6. The Balaban J connectivity index is 1.19. The number of aromatic nitrogens is 1. The lowest BCUT2D eigenvalue weighted by atomic mass is 9.82. The van der Waals surface area contributed by atoms with Crippen LogP contribution in [0, 0.1) is 24.7 Å². The Bertz CT molecular complexity index is 970. The first-order valence-corrected chi connectivity index (χ1v) is 11.1. The minimum atomic E-state index is -0.231. The van der Waals surface area contributed by atoms with E-state index in [9.17, 15) is 9.59 Å². The molecule has 1 aromatic heterocycles. The molecule has 5 heterocycles. The third kappa shape index (κ3) is 2.45. The Morgan fingerprint density at radius 1 is 1.18 bits per heavy atom. The Morgan fingerprint density at radius 2 is 1.93 bits per heavy atom. The highest BCUT2D eigenvalue weighted by Gasteiger charge is 2.53. The van der Waals surface area contributed by atoms with E-state index in [1.54, 1.807) is 16.2 Å². The van der Waals surface area contributed by atoms with E-state index in [2.05, 4.69) is 23.3 Å². The summed E-state index contributed by atoms with van der Waals surface area (Å²) in [6.45, 7) is 4.25. The molecule has 5 atom stereocenters. The number of hydrogen-bond acceptors (Lipinski definition) is 5. The number of benzene rings is 1. The molecule has 0 spiro atoms. The number of carbonyl (C=O) groups is 2. The third-order valence-corrected chi connectivity index (χ3v) is 8.25. The summed E-state index contributed by atoms with van der Waals surface area (Å²) in [4.78, 5) is 34.2. The van der Waals surface area contributed by atoms with Crippen LogP contribution in [0.25, 0.3) is 10.2 Å². The van der Waals surface area contributed by atoms with Crippen LogP contribution in [0.5, 0.6) is 0 Å². The van der Waals surface area contributed by atoms with Crippen LogP contribution >= 0.6 is 11.3 Å². The zero-order valence-corrected chi connectivity index (χ0v) is 16.7. The van der Waals surface area contributed by atoms with E-state index >= 15 is 0 Å². The molecule has 4 aliphatic heterocycles. The van der Waals surface area contributed by atoms with Crippen LogP contribution in [0.2, 0.25) is 0 Å². The number of carbonyl (C=O) groups excluding carboxylic acids is 2.